The van der Waals surface area contributed by atoms with E-state index in [9.17, 15) is 0 Å². The minimum absolute atomic E-state index is 0.0457. The number of aromatic hydroxyl groups is 1. The monoisotopic (exact) mass is 492 g/mol. The van der Waals surface area contributed by atoms with Gasteiger partial charge in [0.05, 0.1) is 6.17 Å². The fourth-order valence-electron chi connectivity index (χ4n) is 2.10. The Balaban J connectivity index is 0.000000506. The van der Waals surface area contributed by atoms with Crippen LogP contribution in [0.15, 0.2) is 54.6 Å². The number of aliphatic hydroxyl groups excluding tert-OH is 1. The van der Waals surface area contributed by atoms with Gasteiger partial charge in [0.25, 0.3) is 0 Å². The molecule has 1 fully saturated rings. The summed E-state index contributed by atoms with van der Waals surface area (Å²) in [6.07, 6.45) is 0.176. The molecule has 2 aromatic rings. The molecule has 3 rings (SSSR count). The number of ether oxygens (including phenoxy) is 1. The predicted molar refractivity (Wildman–Crippen MR) is 147 cm³/mol. The van der Waals surface area contributed by atoms with E-state index in [4.69, 9.17) is 27.2 Å². The van der Waals surface area contributed by atoms with E-state index in [-0.39, 0.29) is 17.0 Å². The Kier molecular flexibility index (Phi) is 17.2. The van der Waals surface area contributed by atoms with Gasteiger partial charge in [0.15, 0.2) is 10.1 Å². The summed E-state index contributed by atoms with van der Waals surface area (Å²) in [5, 5.41) is 24.8. The highest BCUT2D eigenvalue weighted by Gasteiger charge is 2.14. The second kappa shape index (κ2) is 18.4. The van der Waals surface area contributed by atoms with Gasteiger partial charge in [-0.15, -0.1) is 0 Å². The quantitative estimate of drug-likeness (QED) is 0.399. The fraction of sp³-hybridized carbons (Fsp3) is 0.462. The molecule has 0 aromatic heterocycles. The highest BCUT2D eigenvalue weighted by molar-refractivity contribution is 7.80. The zero-order valence-corrected chi connectivity index (χ0v) is 22.3. The Morgan fingerprint density at radius 2 is 1.30 bits per heavy atom. The maximum Gasteiger partial charge on any atom is 0.191 e. The van der Waals surface area contributed by atoms with E-state index in [1.54, 1.807) is 36.4 Å². The molecule has 0 radical (unpaired) electrons. The molecule has 4 N–H and O–H groups in total. The third-order valence-electron chi connectivity index (χ3n) is 3.41. The van der Waals surface area contributed by atoms with Gasteiger partial charge >= 0.3 is 0 Å². The van der Waals surface area contributed by atoms with Crippen molar-refractivity contribution in [2.45, 2.75) is 47.7 Å². The zero-order chi connectivity index (χ0) is 25.2. The van der Waals surface area contributed by atoms with E-state index in [0.717, 1.165) is 30.5 Å². The first-order valence-corrected chi connectivity index (χ1v) is 12.1. The van der Waals surface area contributed by atoms with Crippen LogP contribution in [0.3, 0.4) is 0 Å². The molecular formula is C26H40N2O3S2. The largest absolute Gasteiger partial charge is 0.508 e. The molecule has 1 aliphatic rings. The Morgan fingerprint density at radius 3 is 1.70 bits per heavy atom. The van der Waals surface area contributed by atoms with Gasteiger partial charge in [-0.2, -0.15) is 0 Å². The number of rotatable bonds is 4. The number of phenols is 1. The molecule has 33 heavy (non-hydrogen) atoms. The Hall–Kier alpha value is -2.06. The van der Waals surface area contributed by atoms with Gasteiger partial charge in [-0.05, 0) is 60.5 Å². The summed E-state index contributed by atoms with van der Waals surface area (Å²) in [6, 6.07) is 15.7. The van der Waals surface area contributed by atoms with Crippen LogP contribution >= 0.6 is 24.4 Å². The van der Waals surface area contributed by atoms with Crippen LogP contribution in [0, 0.1) is 11.8 Å². The molecule has 1 aliphatic heterocycles. The van der Waals surface area contributed by atoms with Crippen molar-refractivity contribution in [3.63, 3.8) is 0 Å². The SMILES string of the molecule is CC(C)C.CC(C)C.OC(=S)c1ccccc1.Oc1ccc(C(=S)OCC2NCCN2)cc1. The van der Waals surface area contributed by atoms with E-state index in [1.807, 2.05) is 18.2 Å². The average molecular weight is 493 g/mol. The lowest BCUT2D eigenvalue weighted by atomic mass is 10.2. The maximum atomic E-state index is 9.14. The standard InChI is InChI=1S/C11H14N2O2S.C7H6OS.2C4H10/c14-9-3-1-8(2-4-9)11(16)15-7-10-12-5-6-13-10;8-7(9)6-4-2-1-3-5-6;2*1-4(2)3/h1-4,10,12-14H,5-7H2;1-5H,(H,8,9);2*4H,1-3H3. The van der Waals surface area contributed by atoms with Gasteiger partial charge in [0.1, 0.15) is 12.4 Å². The Bertz CT molecular complexity index is 764. The molecule has 184 valence electrons. The minimum atomic E-state index is -0.0457. The first-order valence-electron chi connectivity index (χ1n) is 11.2. The molecule has 0 saturated carbocycles. The molecule has 0 spiro atoms. The number of hydrogen-bond acceptors (Lipinski definition) is 6. The van der Waals surface area contributed by atoms with Crippen molar-refractivity contribution in [3.8, 4) is 5.75 Å². The summed E-state index contributed by atoms with van der Waals surface area (Å²) in [4.78, 5) is 0. The molecule has 0 bridgehead atoms. The minimum Gasteiger partial charge on any atom is -0.508 e. The van der Waals surface area contributed by atoms with E-state index >= 15 is 0 Å². The molecule has 0 unspecified atom stereocenters. The van der Waals surface area contributed by atoms with Crippen molar-refractivity contribution in [3.05, 3.63) is 65.7 Å². The Morgan fingerprint density at radius 1 is 0.848 bits per heavy atom. The summed E-state index contributed by atoms with van der Waals surface area (Å²) in [5.74, 6) is 1.89. The van der Waals surface area contributed by atoms with Gasteiger partial charge in [0.2, 0.25) is 0 Å². The number of aliphatic hydroxyl groups is 1. The number of phenolic OH excluding ortho intramolecular Hbond substituents is 1. The van der Waals surface area contributed by atoms with Crippen molar-refractivity contribution in [1.82, 2.24) is 10.6 Å². The smallest absolute Gasteiger partial charge is 0.191 e. The molecule has 0 atom stereocenters. The number of benzene rings is 2. The van der Waals surface area contributed by atoms with Crippen molar-refractivity contribution in [2.75, 3.05) is 19.7 Å². The van der Waals surface area contributed by atoms with Crippen molar-refractivity contribution >= 4 is 34.5 Å². The van der Waals surface area contributed by atoms with Crippen LogP contribution in [0.25, 0.3) is 0 Å². The highest BCUT2D eigenvalue weighted by Crippen LogP contribution is 2.11. The Labute approximate surface area is 210 Å². The van der Waals surface area contributed by atoms with Crippen LogP contribution in [-0.4, -0.2) is 46.2 Å². The van der Waals surface area contributed by atoms with Gasteiger partial charge < -0.3 is 14.9 Å². The molecule has 0 aliphatic carbocycles. The van der Waals surface area contributed by atoms with Gasteiger partial charge in [-0.3, -0.25) is 10.6 Å². The third-order valence-corrected chi connectivity index (χ3v) is 4.00. The van der Waals surface area contributed by atoms with Gasteiger partial charge in [0, 0.05) is 24.2 Å². The van der Waals surface area contributed by atoms with E-state index < -0.39 is 0 Å². The van der Waals surface area contributed by atoms with Crippen molar-refractivity contribution < 1.29 is 14.9 Å². The topological polar surface area (TPSA) is 73.8 Å². The molecule has 2 aromatic carbocycles. The second-order valence-electron chi connectivity index (χ2n) is 8.74. The lowest BCUT2D eigenvalue weighted by Crippen LogP contribution is -2.36. The summed E-state index contributed by atoms with van der Waals surface area (Å²) in [7, 11) is 0. The normalized spacial score (nSPS) is 12.5. The molecule has 0 amide bonds. The van der Waals surface area contributed by atoms with Crippen LogP contribution in [0.1, 0.15) is 52.7 Å². The molecular weight excluding hydrogens is 452 g/mol. The average Bonchev–Trinajstić information content (AvgIpc) is 3.26. The lowest BCUT2D eigenvalue weighted by Gasteiger charge is -2.13. The molecule has 1 heterocycles. The molecule has 7 heteroatoms. The predicted octanol–water partition coefficient (Wildman–Crippen LogP) is 5.85. The summed E-state index contributed by atoms with van der Waals surface area (Å²) < 4.78 is 5.48. The van der Waals surface area contributed by atoms with Crippen LogP contribution in [-0.2, 0) is 4.74 Å². The summed E-state index contributed by atoms with van der Waals surface area (Å²) in [5.41, 5.74) is 1.51. The number of hydrogen-bond donors (Lipinski definition) is 4. The van der Waals surface area contributed by atoms with Crippen LogP contribution in [0.2, 0.25) is 0 Å². The summed E-state index contributed by atoms with van der Waals surface area (Å²) in [6.45, 7) is 15.4. The molecule has 1 saturated heterocycles. The number of nitrogens with one attached hydrogen (secondary N) is 2. The number of thiocarbonyl (C=S) groups is 2. The van der Waals surface area contributed by atoms with Crippen LogP contribution in [0.4, 0.5) is 0 Å². The first kappa shape index (κ1) is 30.9. The third kappa shape index (κ3) is 18.1. The molecule has 5 nitrogen and oxygen atoms in total. The van der Waals surface area contributed by atoms with Crippen molar-refractivity contribution in [2.24, 2.45) is 11.8 Å². The van der Waals surface area contributed by atoms with Gasteiger partial charge in [-0.1, -0.05) is 71.9 Å². The lowest BCUT2D eigenvalue weighted by molar-refractivity contribution is 0.261. The zero-order valence-electron chi connectivity index (χ0n) is 20.7. The first-order chi connectivity index (χ1) is 15.5. The fourth-order valence-corrected chi connectivity index (χ4v) is 2.44. The summed E-state index contributed by atoms with van der Waals surface area (Å²) >= 11 is 9.66. The van der Waals surface area contributed by atoms with E-state index in [1.165, 1.54) is 0 Å². The second-order valence-corrected chi connectivity index (χ2v) is 9.50. The van der Waals surface area contributed by atoms with Crippen LogP contribution < -0.4 is 10.6 Å². The van der Waals surface area contributed by atoms with Crippen molar-refractivity contribution in [1.29, 1.82) is 0 Å². The van der Waals surface area contributed by atoms with Gasteiger partial charge in [-0.25, -0.2) is 0 Å². The van der Waals surface area contributed by atoms with E-state index in [2.05, 4.69) is 64.4 Å². The maximum absolute atomic E-state index is 9.14. The highest BCUT2D eigenvalue weighted by atomic mass is 32.1. The van der Waals surface area contributed by atoms with Crippen LogP contribution in [0.5, 0.6) is 5.75 Å². The van der Waals surface area contributed by atoms with E-state index in [0.29, 0.717) is 17.2 Å².